The molecule has 0 saturated carbocycles. The molecule has 0 saturated heterocycles. The van der Waals surface area contributed by atoms with Gasteiger partial charge in [0.25, 0.3) is 0 Å². The van der Waals surface area contributed by atoms with E-state index in [1.807, 2.05) is 23.6 Å². The Bertz CT molecular complexity index is 784. The molecular weight excluding hydrogens is 301 g/mol. The van der Waals surface area contributed by atoms with Gasteiger partial charge in [-0.3, -0.25) is 0 Å². The van der Waals surface area contributed by atoms with E-state index in [-0.39, 0.29) is 5.82 Å². The zero-order valence-electron chi connectivity index (χ0n) is 12.2. The van der Waals surface area contributed by atoms with E-state index in [1.165, 1.54) is 23.5 Å². The van der Waals surface area contributed by atoms with Crippen LogP contribution in [-0.2, 0) is 0 Å². The van der Waals surface area contributed by atoms with Crippen LogP contribution in [0.2, 0.25) is 0 Å². The quantitative estimate of drug-likeness (QED) is 0.703. The van der Waals surface area contributed by atoms with E-state index in [0.29, 0.717) is 11.5 Å². The molecular formula is C17H14FNO2S. The van der Waals surface area contributed by atoms with Crippen LogP contribution in [0.25, 0.3) is 21.8 Å². The third-order valence-electron chi connectivity index (χ3n) is 3.27. The molecule has 0 aliphatic heterocycles. The van der Waals surface area contributed by atoms with Gasteiger partial charge in [-0.15, -0.1) is 11.3 Å². The molecule has 3 aromatic rings. The number of benzene rings is 2. The fourth-order valence-electron chi connectivity index (χ4n) is 2.13. The number of rotatable bonds is 4. The zero-order chi connectivity index (χ0) is 15.5. The SMILES string of the molecule is COc1ccc(-c2csc(-c3ccc(F)cc3)n2)cc1OC. The molecule has 3 rings (SSSR count). The summed E-state index contributed by atoms with van der Waals surface area (Å²) in [6, 6.07) is 12.0. The second-order valence-electron chi connectivity index (χ2n) is 4.61. The minimum absolute atomic E-state index is 0.250. The summed E-state index contributed by atoms with van der Waals surface area (Å²) >= 11 is 1.52. The molecule has 0 radical (unpaired) electrons. The summed E-state index contributed by atoms with van der Waals surface area (Å²) < 4.78 is 23.5. The number of hydrogen-bond donors (Lipinski definition) is 0. The van der Waals surface area contributed by atoms with Crippen molar-refractivity contribution in [3.05, 3.63) is 53.7 Å². The lowest BCUT2D eigenvalue weighted by Gasteiger charge is -2.08. The molecule has 0 bridgehead atoms. The summed E-state index contributed by atoms with van der Waals surface area (Å²) in [5.74, 6) is 1.09. The van der Waals surface area contributed by atoms with E-state index in [9.17, 15) is 4.39 Å². The highest BCUT2D eigenvalue weighted by atomic mass is 32.1. The van der Waals surface area contributed by atoms with Crippen LogP contribution in [0.4, 0.5) is 4.39 Å². The molecule has 1 heterocycles. The topological polar surface area (TPSA) is 31.4 Å². The first-order chi connectivity index (χ1) is 10.7. The van der Waals surface area contributed by atoms with E-state index in [4.69, 9.17) is 9.47 Å². The molecule has 0 aliphatic rings. The second-order valence-corrected chi connectivity index (χ2v) is 5.47. The van der Waals surface area contributed by atoms with Crippen LogP contribution in [0.15, 0.2) is 47.8 Å². The van der Waals surface area contributed by atoms with Gasteiger partial charge in [0.05, 0.1) is 19.9 Å². The van der Waals surface area contributed by atoms with Gasteiger partial charge in [0, 0.05) is 16.5 Å². The van der Waals surface area contributed by atoms with Gasteiger partial charge < -0.3 is 9.47 Å². The molecule has 0 fully saturated rings. The highest BCUT2D eigenvalue weighted by Gasteiger charge is 2.10. The van der Waals surface area contributed by atoms with Crippen molar-refractivity contribution in [1.29, 1.82) is 0 Å². The highest BCUT2D eigenvalue weighted by molar-refractivity contribution is 7.13. The average molecular weight is 315 g/mol. The molecule has 0 aliphatic carbocycles. The molecule has 3 nitrogen and oxygen atoms in total. The van der Waals surface area contributed by atoms with E-state index < -0.39 is 0 Å². The van der Waals surface area contributed by atoms with Gasteiger partial charge in [-0.2, -0.15) is 0 Å². The van der Waals surface area contributed by atoms with Crippen molar-refractivity contribution < 1.29 is 13.9 Å². The maximum atomic E-state index is 13.0. The summed E-state index contributed by atoms with van der Waals surface area (Å²) in [7, 11) is 3.21. The Morgan fingerprint density at radius 2 is 1.59 bits per heavy atom. The zero-order valence-corrected chi connectivity index (χ0v) is 13.0. The Balaban J connectivity index is 1.95. The van der Waals surface area contributed by atoms with Gasteiger partial charge in [-0.25, -0.2) is 9.37 Å². The highest BCUT2D eigenvalue weighted by Crippen LogP contribution is 2.34. The standard InChI is InChI=1S/C17H14FNO2S/c1-20-15-8-5-12(9-16(15)21-2)14-10-22-17(19-14)11-3-6-13(18)7-4-11/h3-10H,1-2H3. The Morgan fingerprint density at radius 1 is 0.909 bits per heavy atom. The molecule has 22 heavy (non-hydrogen) atoms. The largest absolute Gasteiger partial charge is 0.493 e. The Hall–Kier alpha value is -2.40. The molecule has 112 valence electrons. The van der Waals surface area contributed by atoms with Crippen LogP contribution in [0.1, 0.15) is 0 Å². The number of nitrogens with zero attached hydrogens (tertiary/aromatic N) is 1. The van der Waals surface area contributed by atoms with E-state index in [1.54, 1.807) is 26.4 Å². The normalized spacial score (nSPS) is 10.5. The van der Waals surface area contributed by atoms with Crippen LogP contribution in [-0.4, -0.2) is 19.2 Å². The molecule has 0 spiro atoms. The van der Waals surface area contributed by atoms with Gasteiger partial charge in [-0.05, 0) is 42.5 Å². The van der Waals surface area contributed by atoms with Crippen molar-refractivity contribution in [3.63, 3.8) is 0 Å². The molecule has 0 N–H and O–H groups in total. The number of hydrogen-bond acceptors (Lipinski definition) is 4. The average Bonchev–Trinajstić information content (AvgIpc) is 3.05. The predicted octanol–water partition coefficient (Wildman–Crippen LogP) is 4.63. The third-order valence-corrected chi connectivity index (χ3v) is 4.17. The molecule has 2 aromatic carbocycles. The number of thiazole rings is 1. The monoisotopic (exact) mass is 315 g/mol. The van der Waals surface area contributed by atoms with Gasteiger partial charge in [-0.1, -0.05) is 0 Å². The number of ether oxygens (including phenoxy) is 2. The van der Waals surface area contributed by atoms with Gasteiger partial charge in [0.15, 0.2) is 11.5 Å². The first-order valence-corrected chi connectivity index (χ1v) is 7.53. The van der Waals surface area contributed by atoms with Gasteiger partial charge in [0.2, 0.25) is 0 Å². The lowest BCUT2D eigenvalue weighted by atomic mass is 10.1. The second kappa shape index (κ2) is 6.15. The first-order valence-electron chi connectivity index (χ1n) is 6.65. The third kappa shape index (κ3) is 2.80. The van der Waals surface area contributed by atoms with Crippen molar-refractivity contribution in [1.82, 2.24) is 4.98 Å². The van der Waals surface area contributed by atoms with Crippen molar-refractivity contribution in [2.45, 2.75) is 0 Å². The predicted molar refractivity (Wildman–Crippen MR) is 86.0 cm³/mol. The van der Waals surface area contributed by atoms with E-state index in [0.717, 1.165) is 21.8 Å². The molecule has 0 atom stereocenters. The summed E-state index contributed by atoms with van der Waals surface area (Å²) in [4.78, 5) is 4.61. The summed E-state index contributed by atoms with van der Waals surface area (Å²) in [5, 5.41) is 2.82. The smallest absolute Gasteiger partial charge is 0.161 e. The maximum absolute atomic E-state index is 13.0. The molecule has 0 unspecified atom stereocenters. The first kappa shape index (κ1) is 14.5. The molecule has 1 aromatic heterocycles. The lowest BCUT2D eigenvalue weighted by Crippen LogP contribution is -1.90. The Morgan fingerprint density at radius 3 is 2.27 bits per heavy atom. The Kier molecular flexibility index (Phi) is 4.06. The summed E-state index contributed by atoms with van der Waals surface area (Å²) in [6.45, 7) is 0. The van der Waals surface area contributed by atoms with E-state index in [2.05, 4.69) is 4.98 Å². The summed E-state index contributed by atoms with van der Waals surface area (Å²) in [5.41, 5.74) is 2.70. The van der Waals surface area contributed by atoms with Crippen molar-refractivity contribution >= 4 is 11.3 Å². The molecule has 5 heteroatoms. The van der Waals surface area contributed by atoms with Crippen molar-refractivity contribution in [2.24, 2.45) is 0 Å². The van der Waals surface area contributed by atoms with Crippen LogP contribution >= 0.6 is 11.3 Å². The fraction of sp³-hybridized carbons (Fsp3) is 0.118. The minimum atomic E-state index is -0.250. The van der Waals surface area contributed by atoms with Gasteiger partial charge in [0.1, 0.15) is 10.8 Å². The maximum Gasteiger partial charge on any atom is 0.161 e. The lowest BCUT2D eigenvalue weighted by molar-refractivity contribution is 0.355. The molecule has 0 amide bonds. The van der Waals surface area contributed by atoms with Crippen molar-refractivity contribution in [3.8, 4) is 33.3 Å². The van der Waals surface area contributed by atoms with E-state index >= 15 is 0 Å². The van der Waals surface area contributed by atoms with Crippen LogP contribution < -0.4 is 9.47 Å². The van der Waals surface area contributed by atoms with Gasteiger partial charge >= 0.3 is 0 Å². The van der Waals surface area contributed by atoms with Crippen LogP contribution in [0, 0.1) is 5.82 Å². The van der Waals surface area contributed by atoms with Crippen molar-refractivity contribution in [2.75, 3.05) is 14.2 Å². The fourth-order valence-corrected chi connectivity index (χ4v) is 2.96. The minimum Gasteiger partial charge on any atom is -0.493 e. The summed E-state index contributed by atoms with van der Waals surface area (Å²) in [6.07, 6.45) is 0. The Labute approximate surface area is 132 Å². The number of aromatic nitrogens is 1. The number of halogens is 1. The van der Waals surface area contributed by atoms with Crippen LogP contribution in [0.3, 0.4) is 0 Å². The van der Waals surface area contributed by atoms with Crippen LogP contribution in [0.5, 0.6) is 11.5 Å². The number of methoxy groups -OCH3 is 2.